The minimum Gasteiger partial charge on any atom is -0.237 e. The van der Waals surface area contributed by atoms with Gasteiger partial charge in [0.2, 0.25) is 5.16 Å². The van der Waals surface area contributed by atoms with E-state index in [9.17, 15) is 0 Å². The van der Waals surface area contributed by atoms with Crippen LogP contribution in [0.15, 0.2) is 71.2 Å². The predicted octanol–water partition coefficient (Wildman–Crippen LogP) is 4.91. The summed E-state index contributed by atoms with van der Waals surface area (Å²) in [6.45, 7) is 4.02. The number of nitrogens with zero attached hydrogens (tertiary/aromatic N) is 6. The number of rotatable bonds is 6. The van der Waals surface area contributed by atoms with E-state index < -0.39 is 0 Å². The van der Waals surface area contributed by atoms with E-state index in [0.29, 0.717) is 0 Å². The molecule has 2 aromatic heterocycles. The second kappa shape index (κ2) is 8.63. The molecule has 29 heavy (non-hydrogen) atoms. The van der Waals surface area contributed by atoms with Crippen molar-refractivity contribution in [2.75, 3.05) is 0 Å². The van der Waals surface area contributed by atoms with Crippen molar-refractivity contribution in [3.63, 3.8) is 0 Å². The normalized spacial score (nSPS) is 11.4. The Balaban J connectivity index is 1.52. The summed E-state index contributed by atoms with van der Waals surface area (Å²) in [7, 11) is 0. The average Bonchev–Trinajstić information content (AvgIpc) is 3.30. The molecule has 0 saturated heterocycles. The second-order valence-electron chi connectivity index (χ2n) is 6.45. The molecule has 0 unspecified atom stereocenters. The van der Waals surface area contributed by atoms with Gasteiger partial charge in [-0.15, -0.1) is 10.2 Å². The van der Waals surface area contributed by atoms with Gasteiger partial charge in [-0.05, 0) is 43.7 Å². The summed E-state index contributed by atoms with van der Waals surface area (Å²) in [5.41, 5.74) is 5.11. The summed E-state index contributed by atoms with van der Waals surface area (Å²) in [5, 5.41) is 18.8. The lowest BCUT2D eigenvalue weighted by Crippen LogP contribution is -1.99. The van der Waals surface area contributed by atoms with Crippen molar-refractivity contribution >= 4 is 29.6 Å². The van der Waals surface area contributed by atoms with Gasteiger partial charge in [-0.3, -0.25) is 0 Å². The van der Waals surface area contributed by atoms with Gasteiger partial charge in [-0.1, -0.05) is 53.7 Å². The number of aromatic nitrogens is 5. The number of benzene rings is 2. The standard InChI is InChI=1S/C21H19ClN6S/c1-15-20(16(2)28(26-15)19-6-4-3-5-7-19)12-24-27-14-23-25-21(27)29-13-17-8-10-18(22)11-9-17/h3-12,14H,13H2,1-2H3/b24-12+. The second-order valence-corrected chi connectivity index (χ2v) is 7.83. The zero-order chi connectivity index (χ0) is 20.2. The number of para-hydroxylation sites is 1. The Bertz CT molecular complexity index is 1130. The lowest BCUT2D eigenvalue weighted by molar-refractivity contribution is 0.766. The maximum atomic E-state index is 5.94. The summed E-state index contributed by atoms with van der Waals surface area (Å²) in [6.07, 6.45) is 3.42. The highest BCUT2D eigenvalue weighted by Gasteiger charge is 2.11. The van der Waals surface area contributed by atoms with E-state index in [1.807, 2.05) is 79.3 Å². The minimum atomic E-state index is 0.724. The van der Waals surface area contributed by atoms with Gasteiger partial charge in [0.1, 0.15) is 6.33 Å². The fourth-order valence-corrected chi connectivity index (χ4v) is 3.85. The third-order valence-corrected chi connectivity index (χ3v) is 5.70. The van der Waals surface area contributed by atoms with E-state index >= 15 is 0 Å². The molecule has 4 aromatic rings. The van der Waals surface area contributed by atoms with Crippen molar-refractivity contribution in [2.24, 2.45) is 5.10 Å². The first-order chi connectivity index (χ1) is 14.1. The molecule has 2 aromatic carbocycles. The molecule has 0 N–H and O–H groups in total. The highest BCUT2D eigenvalue weighted by molar-refractivity contribution is 7.98. The summed E-state index contributed by atoms with van der Waals surface area (Å²) < 4.78 is 3.61. The van der Waals surface area contributed by atoms with Crippen molar-refractivity contribution in [1.82, 2.24) is 24.7 Å². The van der Waals surface area contributed by atoms with Gasteiger partial charge in [-0.25, -0.2) is 4.68 Å². The van der Waals surface area contributed by atoms with Crippen LogP contribution < -0.4 is 0 Å². The molecule has 0 bridgehead atoms. The summed E-state index contributed by atoms with van der Waals surface area (Å²) in [4.78, 5) is 0. The van der Waals surface area contributed by atoms with Crippen LogP contribution in [0.25, 0.3) is 5.69 Å². The maximum absolute atomic E-state index is 5.94. The number of halogens is 1. The summed E-state index contributed by atoms with van der Waals surface area (Å²) in [6, 6.07) is 17.8. The topological polar surface area (TPSA) is 60.9 Å². The van der Waals surface area contributed by atoms with Crippen LogP contribution in [0.4, 0.5) is 0 Å². The highest BCUT2D eigenvalue weighted by atomic mass is 35.5. The van der Waals surface area contributed by atoms with Gasteiger partial charge >= 0.3 is 0 Å². The van der Waals surface area contributed by atoms with Crippen molar-refractivity contribution in [1.29, 1.82) is 0 Å². The molecular weight excluding hydrogens is 404 g/mol. The predicted molar refractivity (Wildman–Crippen MR) is 117 cm³/mol. The van der Waals surface area contributed by atoms with Crippen LogP contribution in [0.1, 0.15) is 22.5 Å². The molecular formula is C21H19ClN6S. The summed E-state index contributed by atoms with van der Waals surface area (Å²) in [5.74, 6) is 0.759. The van der Waals surface area contributed by atoms with Gasteiger partial charge in [0.15, 0.2) is 0 Å². The third kappa shape index (κ3) is 4.41. The molecule has 0 amide bonds. The first-order valence-electron chi connectivity index (χ1n) is 9.05. The largest absolute Gasteiger partial charge is 0.237 e. The first kappa shape index (κ1) is 19.4. The molecule has 0 saturated carbocycles. The Morgan fingerprint density at radius 3 is 2.59 bits per heavy atom. The van der Waals surface area contributed by atoms with Crippen molar-refractivity contribution in [3.05, 3.63) is 88.5 Å². The zero-order valence-electron chi connectivity index (χ0n) is 16.0. The number of hydrogen-bond acceptors (Lipinski definition) is 5. The van der Waals surface area contributed by atoms with Crippen molar-refractivity contribution in [3.8, 4) is 5.69 Å². The SMILES string of the molecule is Cc1nn(-c2ccccc2)c(C)c1/C=N/n1cnnc1SCc1ccc(Cl)cc1. The van der Waals surface area contributed by atoms with Gasteiger partial charge in [0.05, 0.1) is 23.3 Å². The van der Waals surface area contributed by atoms with E-state index in [4.69, 9.17) is 11.6 Å². The number of thioether (sulfide) groups is 1. The maximum Gasteiger partial charge on any atom is 0.212 e. The molecule has 0 atom stereocenters. The average molecular weight is 423 g/mol. The van der Waals surface area contributed by atoms with Crippen LogP contribution in [-0.2, 0) is 5.75 Å². The molecule has 0 spiro atoms. The Morgan fingerprint density at radius 1 is 1.07 bits per heavy atom. The third-order valence-electron chi connectivity index (χ3n) is 4.44. The summed E-state index contributed by atoms with van der Waals surface area (Å²) >= 11 is 7.51. The van der Waals surface area contributed by atoms with Crippen LogP contribution in [0.3, 0.4) is 0 Å². The first-order valence-corrected chi connectivity index (χ1v) is 10.4. The molecule has 8 heteroatoms. The van der Waals surface area contributed by atoms with E-state index in [1.54, 1.807) is 22.8 Å². The van der Waals surface area contributed by atoms with Crippen LogP contribution >= 0.6 is 23.4 Å². The quantitative estimate of drug-likeness (QED) is 0.327. The Kier molecular flexibility index (Phi) is 5.78. The van der Waals surface area contributed by atoms with E-state index in [2.05, 4.69) is 20.4 Å². The lowest BCUT2D eigenvalue weighted by atomic mass is 10.2. The Morgan fingerprint density at radius 2 is 1.83 bits per heavy atom. The molecule has 0 aliphatic carbocycles. The Labute approximate surface area is 178 Å². The lowest BCUT2D eigenvalue weighted by Gasteiger charge is -2.04. The molecule has 6 nitrogen and oxygen atoms in total. The Hall–Kier alpha value is -2.90. The smallest absolute Gasteiger partial charge is 0.212 e. The van der Waals surface area contributed by atoms with Crippen molar-refractivity contribution < 1.29 is 0 Å². The molecule has 0 aliphatic rings. The molecule has 2 heterocycles. The molecule has 0 radical (unpaired) electrons. The van der Waals surface area contributed by atoms with Crippen LogP contribution in [0, 0.1) is 13.8 Å². The number of aryl methyl sites for hydroxylation is 1. The fraction of sp³-hybridized carbons (Fsp3) is 0.143. The van der Waals surface area contributed by atoms with Gasteiger partial charge in [0, 0.05) is 16.3 Å². The minimum absolute atomic E-state index is 0.724. The molecule has 146 valence electrons. The van der Waals surface area contributed by atoms with Gasteiger partial charge < -0.3 is 0 Å². The van der Waals surface area contributed by atoms with E-state index in [-0.39, 0.29) is 0 Å². The van der Waals surface area contributed by atoms with Crippen LogP contribution in [0.5, 0.6) is 0 Å². The zero-order valence-corrected chi connectivity index (χ0v) is 17.6. The van der Waals surface area contributed by atoms with Gasteiger partial charge in [0.25, 0.3) is 0 Å². The van der Waals surface area contributed by atoms with Gasteiger partial charge in [-0.2, -0.15) is 14.9 Å². The number of hydrogen-bond donors (Lipinski definition) is 0. The monoisotopic (exact) mass is 422 g/mol. The highest BCUT2D eigenvalue weighted by Crippen LogP contribution is 2.22. The van der Waals surface area contributed by atoms with E-state index in [1.165, 1.54) is 0 Å². The molecule has 4 rings (SSSR count). The molecule has 0 aliphatic heterocycles. The van der Waals surface area contributed by atoms with Crippen LogP contribution in [-0.4, -0.2) is 30.9 Å². The van der Waals surface area contributed by atoms with Crippen LogP contribution in [0.2, 0.25) is 5.02 Å². The fourth-order valence-electron chi connectivity index (χ4n) is 2.90. The van der Waals surface area contributed by atoms with E-state index in [0.717, 1.165) is 44.1 Å². The molecule has 0 fully saturated rings. The van der Waals surface area contributed by atoms with Crippen molar-refractivity contribution in [2.45, 2.75) is 24.8 Å².